The molecule has 0 amide bonds. The van der Waals surface area contributed by atoms with Crippen LogP contribution in [-0.2, 0) is 4.74 Å². The van der Waals surface area contributed by atoms with Crippen molar-refractivity contribution >= 4 is 7.25 Å². The van der Waals surface area contributed by atoms with Gasteiger partial charge in [-0.2, -0.15) is 4.57 Å². The Balaban J connectivity index is 0.000000499. The van der Waals surface area contributed by atoms with Crippen LogP contribution in [0.15, 0.2) is 103 Å². The van der Waals surface area contributed by atoms with Crippen LogP contribution in [0.1, 0.15) is 12.5 Å². The predicted molar refractivity (Wildman–Crippen MR) is 128 cm³/mol. The van der Waals surface area contributed by atoms with Crippen LogP contribution in [0.5, 0.6) is 0 Å². The number of benzene rings is 3. The summed E-state index contributed by atoms with van der Waals surface area (Å²) in [5.74, 6) is 0. The number of pyridine rings is 1. The molecule has 0 aliphatic carbocycles. The topological polar surface area (TPSA) is 13.1 Å². The Labute approximate surface area is 196 Å². The van der Waals surface area contributed by atoms with Crippen molar-refractivity contribution in [3.05, 3.63) is 103 Å². The molecular formula is C27H24BF4NO. The Morgan fingerprint density at radius 1 is 0.618 bits per heavy atom. The van der Waals surface area contributed by atoms with Gasteiger partial charge in [0.25, 0.3) is 0 Å². The quantitative estimate of drug-likeness (QED) is 0.176. The molecule has 5 rings (SSSR count). The molecule has 0 radical (unpaired) electrons. The van der Waals surface area contributed by atoms with Gasteiger partial charge in [-0.05, 0) is 35.4 Å². The summed E-state index contributed by atoms with van der Waals surface area (Å²) < 4.78 is 47.3. The molecule has 1 aliphatic rings. The van der Waals surface area contributed by atoms with Crippen molar-refractivity contribution in [2.45, 2.75) is 12.5 Å². The molecule has 2 nitrogen and oxygen atoms in total. The van der Waals surface area contributed by atoms with E-state index >= 15 is 0 Å². The van der Waals surface area contributed by atoms with Crippen LogP contribution in [0, 0.1) is 0 Å². The molecule has 1 saturated heterocycles. The van der Waals surface area contributed by atoms with E-state index in [1.165, 1.54) is 33.6 Å². The van der Waals surface area contributed by atoms with E-state index in [1.54, 1.807) is 0 Å². The fraction of sp³-hybridized carbons (Fsp3) is 0.148. The lowest BCUT2D eigenvalue weighted by atomic mass is 9.98. The normalized spacial score (nSPS) is 15.5. The summed E-state index contributed by atoms with van der Waals surface area (Å²) in [7, 11) is -6.00. The lowest BCUT2D eigenvalue weighted by molar-refractivity contribution is -0.699. The average Bonchev–Trinajstić information content (AvgIpc) is 3.38. The van der Waals surface area contributed by atoms with Crippen molar-refractivity contribution in [2.24, 2.45) is 0 Å². The zero-order valence-electron chi connectivity index (χ0n) is 18.5. The van der Waals surface area contributed by atoms with Crippen molar-refractivity contribution < 1.29 is 26.6 Å². The number of nitrogens with zero attached hydrogens (tertiary/aromatic N) is 1. The molecule has 34 heavy (non-hydrogen) atoms. The molecule has 1 aliphatic heterocycles. The van der Waals surface area contributed by atoms with Gasteiger partial charge in [-0.15, -0.1) is 0 Å². The molecule has 0 saturated carbocycles. The molecule has 7 heteroatoms. The van der Waals surface area contributed by atoms with Crippen molar-refractivity contribution in [3.63, 3.8) is 0 Å². The van der Waals surface area contributed by atoms with E-state index < -0.39 is 7.25 Å². The third-order valence-electron chi connectivity index (χ3n) is 5.62. The number of ether oxygens (including phenoxy) is 1. The Bertz CT molecular complexity index is 1130. The highest BCUT2D eigenvalue weighted by Crippen LogP contribution is 2.31. The molecule has 0 bridgehead atoms. The van der Waals surface area contributed by atoms with Gasteiger partial charge in [0.1, 0.15) is 6.61 Å². The summed E-state index contributed by atoms with van der Waals surface area (Å²) in [4.78, 5) is 0. The maximum Gasteiger partial charge on any atom is 0.673 e. The van der Waals surface area contributed by atoms with Crippen LogP contribution in [0.3, 0.4) is 0 Å². The zero-order valence-corrected chi connectivity index (χ0v) is 18.5. The maximum absolute atomic E-state index is 9.75. The Hall–Kier alpha value is -3.45. The summed E-state index contributed by atoms with van der Waals surface area (Å²) in [6.07, 6.45) is 1.04. The highest BCUT2D eigenvalue weighted by molar-refractivity contribution is 6.50. The first-order valence-corrected chi connectivity index (χ1v) is 11.1. The lowest BCUT2D eigenvalue weighted by Crippen LogP contribution is -2.44. The van der Waals surface area contributed by atoms with Gasteiger partial charge in [0.2, 0.25) is 11.4 Å². The van der Waals surface area contributed by atoms with Crippen LogP contribution < -0.4 is 4.57 Å². The Kier molecular flexibility index (Phi) is 7.43. The third-order valence-corrected chi connectivity index (χ3v) is 5.62. The van der Waals surface area contributed by atoms with Gasteiger partial charge < -0.3 is 22.0 Å². The Morgan fingerprint density at radius 2 is 1.03 bits per heavy atom. The van der Waals surface area contributed by atoms with E-state index in [0.29, 0.717) is 6.04 Å². The van der Waals surface area contributed by atoms with Gasteiger partial charge in [0.05, 0.1) is 6.61 Å². The number of hydrogen-bond acceptors (Lipinski definition) is 1. The molecule has 174 valence electrons. The third kappa shape index (κ3) is 6.11. The van der Waals surface area contributed by atoms with Crippen LogP contribution in [0.2, 0.25) is 0 Å². The van der Waals surface area contributed by atoms with E-state index in [1.807, 2.05) is 0 Å². The van der Waals surface area contributed by atoms with E-state index in [9.17, 15) is 17.3 Å². The highest BCUT2D eigenvalue weighted by atomic mass is 19.5. The molecule has 2 heterocycles. The molecule has 4 aromatic rings. The predicted octanol–water partition coefficient (Wildman–Crippen LogP) is 7.24. The summed E-state index contributed by atoms with van der Waals surface area (Å²) in [5, 5.41) is 0. The highest BCUT2D eigenvalue weighted by Gasteiger charge is 2.32. The second-order valence-corrected chi connectivity index (χ2v) is 7.99. The monoisotopic (exact) mass is 465 g/mol. The fourth-order valence-corrected chi connectivity index (χ4v) is 4.18. The summed E-state index contributed by atoms with van der Waals surface area (Å²) in [6.45, 7) is 1.58. The molecule has 0 spiro atoms. The second-order valence-electron chi connectivity index (χ2n) is 7.99. The van der Waals surface area contributed by atoms with Crippen LogP contribution in [0.25, 0.3) is 33.6 Å². The van der Waals surface area contributed by atoms with Crippen LogP contribution >= 0.6 is 0 Å². The van der Waals surface area contributed by atoms with E-state index in [4.69, 9.17) is 4.74 Å². The SMILES string of the molecule is F[B-](F)(F)F.c1ccc(-c2cc(-c3ccccc3)[n+](C3CCOC3)c(-c3ccccc3)c2)cc1. The minimum atomic E-state index is -6.00. The van der Waals surface area contributed by atoms with Gasteiger partial charge in [-0.25, -0.2) is 0 Å². The number of aromatic nitrogens is 1. The van der Waals surface area contributed by atoms with E-state index in [0.717, 1.165) is 19.6 Å². The first-order valence-electron chi connectivity index (χ1n) is 11.1. The van der Waals surface area contributed by atoms with Gasteiger partial charge in [-0.3, -0.25) is 0 Å². The zero-order chi connectivity index (χ0) is 24.0. The van der Waals surface area contributed by atoms with Gasteiger partial charge >= 0.3 is 7.25 Å². The Morgan fingerprint density at radius 3 is 1.41 bits per heavy atom. The molecular weight excluding hydrogens is 441 g/mol. The molecule has 1 atom stereocenters. The summed E-state index contributed by atoms with van der Waals surface area (Å²) in [6, 6.07) is 37.0. The minimum absolute atomic E-state index is 0.338. The van der Waals surface area contributed by atoms with Crippen molar-refractivity contribution in [2.75, 3.05) is 13.2 Å². The van der Waals surface area contributed by atoms with Crippen molar-refractivity contribution in [3.8, 4) is 33.6 Å². The van der Waals surface area contributed by atoms with Gasteiger partial charge in [-0.1, -0.05) is 66.7 Å². The fourth-order valence-electron chi connectivity index (χ4n) is 4.18. The largest absolute Gasteiger partial charge is 0.673 e. The first-order chi connectivity index (χ1) is 16.4. The van der Waals surface area contributed by atoms with Crippen molar-refractivity contribution in [1.82, 2.24) is 0 Å². The van der Waals surface area contributed by atoms with Gasteiger partial charge in [0.15, 0.2) is 6.04 Å². The number of halogens is 4. The van der Waals surface area contributed by atoms with Crippen LogP contribution in [0.4, 0.5) is 17.3 Å². The van der Waals surface area contributed by atoms with E-state index in [-0.39, 0.29) is 0 Å². The van der Waals surface area contributed by atoms with Crippen molar-refractivity contribution in [1.29, 1.82) is 0 Å². The lowest BCUT2D eigenvalue weighted by Gasteiger charge is -2.16. The maximum atomic E-state index is 9.75. The van der Waals surface area contributed by atoms with Gasteiger partial charge in [0, 0.05) is 29.7 Å². The van der Waals surface area contributed by atoms with E-state index in [2.05, 4.69) is 108 Å². The standard InChI is InChI=1S/C27H24NO.BF4/c1-4-10-21(11-5-1)24-18-26(22-12-6-2-7-13-22)28(25-16-17-29-20-25)27(19-24)23-14-8-3-9-15-23;2-1(3,4)5/h1-15,18-19,25H,16-17,20H2;/q+1;-1. The van der Waals surface area contributed by atoms with Crippen LogP contribution in [-0.4, -0.2) is 20.5 Å². The number of rotatable bonds is 4. The molecule has 1 unspecified atom stereocenters. The second kappa shape index (κ2) is 10.7. The summed E-state index contributed by atoms with van der Waals surface area (Å²) in [5.41, 5.74) is 7.40. The minimum Gasteiger partial charge on any atom is -0.418 e. The number of hydrogen-bond donors (Lipinski definition) is 0. The average molecular weight is 465 g/mol. The molecule has 0 N–H and O–H groups in total. The molecule has 1 fully saturated rings. The smallest absolute Gasteiger partial charge is 0.418 e. The molecule has 3 aromatic carbocycles. The molecule has 1 aromatic heterocycles. The first kappa shape index (κ1) is 23.7. The summed E-state index contributed by atoms with van der Waals surface area (Å²) >= 11 is 0.